The van der Waals surface area contributed by atoms with Gasteiger partial charge in [-0.05, 0) is 61.9 Å². The first kappa shape index (κ1) is 19.8. The van der Waals surface area contributed by atoms with Crippen LogP contribution in [0.4, 0.5) is 5.69 Å². The first-order chi connectivity index (χ1) is 13.4. The Morgan fingerprint density at radius 2 is 1.89 bits per heavy atom. The molecule has 0 bridgehead atoms. The first-order valence-electron chi connectivity index (χ1n) is 9.25. The van der Waals surface area contributed by atoms with E-state index in [9.17, 15) is 14.9 Å². The number of ether oxygens (including phenoxy) is 2. The number of carbonyl (C=O) groups is 1. The van der Waals surface area contributed by atoms with E-state index in [0.29, 0.717) is 34.8 Å². The van der Waals surface area contributed by atoms with Crippen LogP contribution in [0, 0.1) is 24.0 Å². The van der Waals surface area contributed by atoms with Crippen LogP contribution in [-0.4, -0.2) is 24.0 Å². The Morgan fingerprint density at radius 1 is 1.21 bits per heavy atom. The normalized spacial score (nSPS) is 13.7. The van der Waals surface area contributed by atoms with E-state index >= 15 is 0 Å². The van der Waals surface area contributed by atoms with E-state index in [4.69, 9.17) is 9.47 Å². The van der Waals surface area contributed by atoms with Crippen LogP contribution in [0.25, 0.3) is 0 Å². The zero-order valence-corrected chi connectivity index (χ0v) is 16.3. The maximum Gasteiger partial charge on any atom is 0.270 e. The summed E-state index contributed by atoms with van der Waals surface area (Å²) in [6, 6.07) is 8.46. The number of benzene rings is 2. The third-order valence-corrected chi connectivity index (χ3v) is 4.94. The Hall–Kier alpha value is -2.93. The fourth-order valence-corrected chi connectivity index (χ4v) is 3.24. The van der Waals surface area contributed by atoms with Gasteiger partial charge in [0, 0.05) is 30.8 Å². The average molecular weight is 384 g/mol. The number of hydrogen-bond donors (Lipinski definition) is 1. The van der Waals surface area contributed by atoms with Gasteiger partial charge in [-0.15, -0.1) is 0 Å². The van der Waals surface area contributed by atoms with Gasteiger partial charge in [0.2, 0.25) is 0 Å². The van der Waals surface area contributed by atoms with Crippen molar-refractivity contribution in [2.24, 2.45) is 0 Å². The predicted molar refractivity (Wildman–Crippen MR) is 105 cm³/mol. The van der Waals surface area contributed by atoms with Crippen LogP contribution in [0.2, 0.25) is 0 Å². The molecule has 0 saturated heterocycles. The second-order valence-corrected chi connectivity index (χ2v) is 7.12. The zero-order valence-electron chi connectivity index (χ0n) is 16.3. The number of nitrogens with zero attached hydrogens (tertiary/aromatic N) is 1. The van der Waals surface area contributed by atoms with Crippen molar-refractivity contribution in [2.45, 2.75) is 45.8 Å². The molecule has 2 aromatic carbocycles. The quantitative estimate of drug-likeness (QED) is 0.563. The van der Waals surface area contributed by atoms with Gasteiger partial charge in [0.05, 0.1) is 11.5 Å². The van der Waals surface area contributed by atoms with Crippen LogP contribution in [0.5, 0.6) is 11.5 Å². The van der Waals surface area contributed by atoms with Gasteiger partial charge in [0.15, 0.2) is 0 Å². The third kappa shape index (κ3) is 4.31. The molecule has 3 rings (SSSR count). The topological polar surface area (TPSA) is 90.7 Å². The van der Waals surface area contributed by atoms with Crippen molar-refractivity contribution in [2.75, 3.05) is 7.11 Å². The number of nitrogens with one attached hydrogen (secondary N) is 1. The number of rotatable bonds is 7. The molecule has 0 atom stereocenters. The van der Waals surface area contributed by atoms with Crippen molar-refractivity contribution in [3.05, 3.63) is 62.7 Å². The highest BCUT2D eigenvalue weighted by molar-refractivity contribution is 5.96. The maximum absolute atomic E-state index is 12.7. The maximum atomic E-state index is 12.7. The van der Waals surface area contributed by atoms with Crippen molar-refractivity contribution in [3.63, 3.8) is 0 Å². The molecule has 7 heteroatoms. The smallest absolute Gasteiger partial charge is 0.270 e. The van der Waals surface area contributed by atoms with Gasteiger partial charge in [-0.1, -0.05) is 6.07 Å². The van der Waals surface area contributed by atoms with Crippen LogP contribution in [0.1, 0.15) is 46.3 Å². The van der Waals surface area contributed by atoms with Gasteiger partial charge >= 0.3 is 0 Å². The molecule has 1 aliphatic carbocycles. The molecule has 1 N–H and O–H groups in total. The summed E-state index contributed by atoms with van der Waals surface area (Å²) < 4.78 is 11.2. The van der Waals surface area contributed by atoms with E-state index in [1.807, 2.05) is 6.07 Å². The third-order valence-electron chi connectivity index (χ3n) is 4.94. The van der Waals surface area contributed by atoms with Crippen molar-refractivity contribution >= 4 is 11.6 Å². The van der Waals surface area contributed by atoms with Crippen LogP contribution < -0.4 is 10.1 Å². The highest BCUT2D eigenvalue weighted by Crippen LogP contribution is 2.33. The summed E-state index contributed by atoms with van der Waals surface area (Å²) in [6.45, 7) is 3.85. The lowest BCUT2D eigenvalue weighted by Crippen LogP contribution is -2.39. The number of aryl methyl sites for hydroxylation is 2. The molecule has 0 aromatic heterocycles. The fourth-order valence-electron chi connectivity index (χ4n) is 3.24. The number of non-ortho nitro benzene ring substituents is 1. The lowest BCUT2D eigenvalue weighted by Gasteiger charge is -2.27. The lowest BCUT2D eigenvalue weighted by molar-refractivity contribution is -0.385. The SMILES string of the molecule is COCc1ccc(Oc2c(C)cc([N+](=O)[O-])cc2C)cc1C(=O)NC1CCC1. The molecule has 7 nitrogen and oxygen atoms in total. The highest BCUT2D eigenvalue weighted by Gasteiger charge is 2.22. The van der Waals surface area contributed by atoms with E-state index in [1.54, 1.807) is 33.1 Å². The molecule has 1 amide bonds. The van der Waals surface area contributed by atoms with Crippen LogP contribution >= 0.6 is 0 Å². The zero-order chi connectivity index (χ0) is 20.3. The molecule has 1 fully saturated rings. The summed E-state index contributed by atoms with van der Waals surface area (Å²) in [5, 5.41) is 14.1. The molecule has 2 aromatic rings. The Bertz CT molecular complexity index is 883. The molecule has 0 radical (unpaired) electrons. The number of amides is 1. The first-order valence-corrected chi connectivity index (χ1v) is 9.25. The van der Waals surface area contributed by atoms with E-state index in [0.717, 1.165) is 24.8 Å². The Morgan fingerprint density at radius 3 is 2.43 bits per heavy atom. The van der Waals surface area contributed by atoms with E-state index in [2.05, 4.69) is 5.32 Å². The molecule has 148 valence electrons. The van der Waals surface area contributed by atoms with E-state index in [1.165, 1.54) is 12.1 Å². The van der Waals surface area contributed by atoms with Crippen molar-refractivity contribution < 1.29 is 19.2 Å². The summed E-state index contributed by atoms with van der Waals surface area (Å²) >= 11 is 0. The van der Waals surface area contributed by atoms with E-state index in [-0.39, 0.29) is 17.6 Å². The molecule has 28 heavy (non-hydrogen) atoms. The van der Waals surface area contributed by atoms with Crippen molar-refractivity contribution in [1.29, 1.82) is 0 Å². The van der Waals surface area contributed by atoms with Crippen molar-refractivity contribution in [1.82, 2.24) is 5.32 Å². The molecule has 0 spiro atoms. The van der Waals surface area contributed by atoms with Gasteiger partial charge in [0.25, 0.3) is 11.6 Å². The Balaban J connectivity index is 1.89. The molecular formula is C21H24N2O5. The van der Waals surface area contributed by atoms with Gasteiger partial charge in [-0.2, -0.15) is 0 Å². The van der Waals surface area contributed by atoms with E-state index < -0.39 is 4.92 Å². The molecular weight excluding hydrogens is 360 g/mol. The Kier molecular flexibility index (Phi) is 5.94. The lowest BCUT2D eigenvalue weighted by atomic mass is 9.92. The molecule has 1 aliphatic rings. The minimum absolute atomic E-state index is 0.0263. The predicted octanol–water partition coefficient (Wildman–Crippen LogP) is 4.43. The molecule has 0 heterocycles. The summed E-state index contributed by atoms with van der Waals surface area (Å²) in [5.74, 6) is 0.911. The standard InChI is InChI=1S/C21H24N2O5/c1-13-9-17(23(25)26)10-14(2)20(13)28-18-8-7-15(12-27-3)19(11-18)21(24)22-16-5-4-6-16/h7-11,16H,4-6,12H2,1-3H3,(H,22,24). The number of hydrogen-bond acceptors (Lipinski definition) is 5. The molecule has 0 aliphatic heterocycles. The number of methoxy groups -OCH3 is 1. The van der Waals surface area contributed by atoms with Gasteiger partial charge in [-0.3, -0.25) is 14.9 Å². The number of nitro groups is 1. The van der Waals surface area contributed by atoms with Crippen LogP contribution in [-0.2, 0) is 11.3 Å². The number of nitro benzene ring substituents is 1. The average Bonchev–Trinajstić information content (AvgIpc) is 2.62. The largest absolute Gasteiger partial charge is 0.457 e. The minimum atomic E-state index is -0.424. The summed E-state index contributed by atoms with van der Waals surface area (Å²) in [5.41, 5.74) is 2.65. The van der Waals surface area contributed by atoms with Gasteiger partial charge < -0.3 is 14.8 Å². The Labute approximate surface area is 163 Å². The van der Waals surface area contributed by atoms with Gasteiger partial charge in [-0.25, -0.2) is 0 Å². The number of carbonyl (C=O) groups excluding carboxylic acids is 1. The van der Waals surface area contributed by atoms with Crippen LogP contribution in [0.15, 0.2) is 30.3 Å². The van der Waals surface area contributed by atoms with Crippen molar-refractivity contribution in [3.8, 4) is 11.5 Å². The minimum Gasteiger partial charge on any atom is -0.457 e. The monoisotopic (exact) mass is 384 g/mol. The summed E-state index contributed by atoms with van der Waals surface area (Å²) in [6.07, 6.45) is 3.14. The molecule has 0 unspecified atom stereocenters. The highest BCUT2D eigenvalue weighted by atomic mass is 16.6. The second-order valence-electron chi connectivity index (χ2n) is 7.12. The van der Waals surface area contributed by atoms with Gasteiger partial charge in [0.1, 0.15) is 11.5 Å². The van der Waals surface area contributed by atoms with Crippen LogP contribution in [0.3, 0.4) is 0 Å². The fraction of sp³-hybridized carbons (Fsp3) is 0.381. The molecule has 1 saturated carbocycles. The summed E-state index contributed by atoms with van der Waals surface area (Å²) in [4.78, 5) is 23.3. The second kappa shape index (κ2) is 8.39. The summed E-state index contributed by atoms with van der Waals surface area (Å²) in [7, 11) is 1.58.